The fraction of sp³-hybridized carbons (Fsp3) is 1.00. The lowest BCUT2D eigenvalue weighted by Gasteiger charge is -2.45. The molecule has 2 aliphatic rings. The van der Waals surface area contributed by atoms with Crippen LogP contribution < -0.4 is 5.32 Å². The minimum atomic E-state index is 0.386. The van der Waals surface area contributed by atoms with Gasteiger partial charge in [-0.05, 0) is 45.1 Å². The molecule has 1 heterocycles. The summed E-state index contributed by atoms with van der Waals surface area (Å²) in [6.45, 7) is 10.3. The van der Waals surface area contributed by atoms with Crippen LogP contribution in [0.2, 0.25) is 0 Å². The molecule has 0 bridgehead atoms. The molecular weight excluding hydrogens is 224 g/mol. The summed E-state index contributed by atoms with van der Waals surface area (Å²) in [5, 5.41) is 3.56. The lowest BCUT2D eigenvalue weighted by atomic mass is 9.75. The topological polar surface area (TPSA) is 24.5 Å². The van der Waals surface area contributed by atoms with Crippen molar-refractivity contribution in [3.05, 3.63) is 0 Å². The molecule has 106 valence electrons. The van der Waals surface area contributed by atoms with Crippen LogP contribution in [0.5, 0.6) is 0 Å². The average molecular weight is 254 g/mol. The quantitative estimate of drug-likeness (QED) is 0.817. The summed E-state index contributed by atoms with van der Waals surface area (Å²) in [6, 6.07) is 1.34. The summed E-state index contributed by atoms with van der Waals surface area (Å²) in [5.74, 6) is 1.64. The number of nitrogens with zero attached hydrogens (tertiary/aromatic N) is 1. The van der Waals surface area contributed by atoms with Crippen LogP contribution in [0, 0.1) is 11.8 Å². The molecule has 5 unspecified atom stereocenters. The van der Waals surface area contributed by atoms with Gasteiger partial charge in [0.15, 0.2) is 0 Å². The van der Waals surface area contributed by atoms with Crippen molar-refractivity contribution in [1.82, 2.24) is 10.2 Å². The van der Waals surface area contributed by atoms with Crippen molar-refractivity contribution in [2.45, 2.75) is 58.2 Å². The Kier molecular flexibility index (Phi) is 5.05. The third kappa shape index (κ3) is 3.25. The van der Waals surface area contributed by atoms with E-state index in [9.17, 15) is 0 Å². The summed E-state index contributed by atoms with van der Waals surface area (Å²) in [6.07, 6.45) is 4.25. The molecule has 3 heteroatoms. The van der Waals surface area contributed by atoms with E-state index in [1.807, 2.05) is 0 Å². The average Bonchev–Trinajstić information content (AvgIpc) is 2.52. The van der Waals surface area contributed by atoms with Crippen LogP contribution in [0.3, 0.4) is 0 Å². The van der Waals surface area contributed by atoms with Gasteiger partial charge in [-0.1, -0.05) is 13.8 Å². The molecule has 3 nitrogen and oxygen atoms in total. The SMILES string of the molecule is CNC1CC(C)CC(C)C1N1CCCOC(C)C1. The molecule has 2 fully saturated rings. The number of hydrogen-bond donors (Lipinski definition) is 1. The molecule has 1 saturated heterocycles. The van der Waals surface area contributed by atoms with E-state index in [4.69, 9.17) is 4.74 Å². The highest BCUT2D eigenvalue weighted by atomic mass is 16.5. The van der Waals surface area contributed by atoms with Gasteiger partial charge < -0.3 is 10.1 Å². The highest BCUT2D eigenvalue weighted by Crippen LogP contribution is 2.33. The monoisotopic (exact) mass is 254 g/mol. The predicted molar refractivity (Wildman–Crippen MR) is 75.8 cm³/mol. The van der Waals surface area contributed by atoms with E-state index in [-0.39, 0.29) is 0 Å². The van der Waals surface area contributed by atoms with Gasteiger partial charge in [0.1, 0.15) is 0 Å². The molecule has 1 saturated carbocycles. The molecule has 0 aromatic heterocycles. The smallest absolute Gasteiger partial charge is 0.0674 e. The Morgan fingerprint density at radius 1 is 1.17 bits per heavy atom. The highest BCUT2D eigenvalue weighted by molar-refractivity contribution is 4.94. The van der Waals surface area contributed by atoms with Gasteiger partial charge in [-0.15, -0.1) is 0 Å². The minimum absolute atomic E-state index is 0.386. The second-order valence-electron chi connectivity index (χ2n) is 6.47. The van der Waals surface area contributed by atoms with E-state index in [0.717, 1.165) is 25.0 Å². The van der Waals surface area contributed by atoms with E-state index in [2.05, 4.69) is 38.0 Å². The summed E-state index contributed by atoms with van der Waals surface area (Å²) in [5.41, 5.74) is 0. The van der Waals surface area contributed by atoms with Gasteiger partial charge in [0.25, 0.3) is 0 Å². The molecule has 0 amide bonds. The Hall–Kier alpha value is -0.120. The Bertz CT molecular complexity index is 259. The molecule has 1 aliphatic heterocycles. The van der Waals surface area contributed by atoms with Crippen molar-refractivity contribution in [1.29, 1.82) is 0 Å². The van der Waals surface area contributed by atoms with E-state index < -0.39 is 0 Å². The molecule has 0 aromatic carbocycles. The molecule has 1 N–H and O–H groups in total. The zero-order valence-corrected chi connectivity index (χ0v) is 12.5. The van der Waals surface area contributed by atoms with Crippen LogP contribution >= 0.6 is 0 Å². The van der Waals surface area contributed by atoms with Crippen molar-refractivity contribution >= 4 is 0 Å². The Morgan fingerprint density at radius 3 is 2.67 bits per heavy atom. The first-order valence-electron chi connectivity index (χ1n) is 7.64. The third-order valence-electron chi connectivity index (χ3n) is 4.70. The van der Waals surface area contributed by atoms with Crippen LogP contribution in [0.4, 0.5) is 0 Å². The fourth-order valence-corrected chi connectivity index (χ4v) is 4.04. The first-order valence-corrected chi connectivity index (χ1v) is 7.64. The molecule has 5 atom stereocenters. The fourth-order valence-electron chi connectivity index (χ4n) is 4.04. The molecule has 2 rings (SSSR count). The summed E-state index contributed by atoms with van der Waals surface area (Å²) < 4.78 is 5.79. The van der Waals surface area contributed by atoms with Crippen LogP contribution in [-0.4, -0.2) is 49.8 Å². The Labute approximate surface area is 112 Å². The van der Waals surface area contributed by atoms with Gasteiger partial charge in [0.2, 0.25) is 0 Å². The predicted octanol–water partition coefficient (Wildman–Crippen LogP) is 2.12. The maximum Gasteiger partial charge on any atom is 0.0674 e. The lowest BCUT2D eigenvalue weighted by molar-refractivity contribution is 0.0302. The van der Waals surface area contributed by atoms with Crippen molar-refractivity contribution < 1.29 is 4.74 Å². The second kappa shape index (κ2) is 6.36. The van der Waals surface area contributed by atoms with Crippen molar-refractivity contribution in [3.63, 3.8) is 0 Å². The number of likely N-dealkylation sites (N-methyl/N-ethyl adjacent to an activating group) is 1. The molecule has 0 spiro atoms. The standard InChI is InChI=1S/C15H30N2O/c1-11-8-12(2)15(14(9-11)16-4)17-6-5-7-18-13(3)10-17/h11-16H,5-10H2,1-4H3. The summed E-state index contributed by atoms with van der Waals surface area (Å²) in [7, 11) is 2.13. The van der Waals surface area contributed by atoms with Crippen LogP contribution in [-0.2, 0) is 4.74 Å². The highest BCUT2D eigenvalue weighted by Gasteiger charge is 2.37. The van der Waals surface area contributed by atoms with Crippen LogP contribution in [0.1, 0.15) is 40.0 Å². The molecule has 0 radical (unpaired) electrons. The number of hydrogen-bond acceptors (Lipinski definition) is 3. The molecular formula is C15H30N2O. The largest absolute Gasteiger partial charge is 0.377 e. The van der Waals surface area contributed by atoms with Gasteiger partial charge in [-0.3, -0.25) is 4.90 Å². The van der Waals surface area contributed by atoms with Crippen LogP contribution in [0.15, 0.2) is 0 Å². The zero-order chi connectivity index (χ0) is 13.1. The summed E-state index contributed by atoms with van der Waals surface area (Å²) in [4.78, 5) is 2.69. The van der Waals surface area contributed by atoms with E-state index in [1.54, 1.807) is 0 Å². The van der Waals surface area contributed by atoms with Gasteiger partial charge in [0.05, 0.1) is 6.10 Å². The van der Waals surface area contributed by atoms with Gasteiger partial charge in [0, 0.05) is 31.8 Å². The summed E-state index contributed by atoms with van der Waals surface area (Å²) >= 11 is 0. The molecule has 1 aliphatic carbocycles. The van der Waals surface area contributed by atoms with E-state index in [1.165, 1.54) is 25.8 Å². The van der Waals surface area contributed by atoms with Gasteiger partial charge in [-0.25, -0.2) is 0 Å². The zero-order valence-electron chi connectivity index (χ0n) is 12.5. The second-order valence-corrected chi connectivity index (χ2v) is 6.47. The van der Waals surface area contributed by atoms with E-state index in [0.29, 0.717) is 18.2 Å². The maximum absolute atomic E-state index is 5.79. The van der Waals surface area contributed by atoms with Crippen molar-refractivity contribution in [2.24, 2.45) is 11.8 Å². The molecule has 18 heavy (non-hydrogen) atoms. The van der Waals surface area contributed by atoms with Crippen molar-refractivity contribution in [3.8, 4) is 0 Å². The maximum atomic E-state index is 5.79. The number of rotatable bonds is 2. The number of nitrogens with one attached hydrogen (secondary N) is 1. The van der Waals surface area contributed by atoms with Gasteiger partial charge in [-0.2, -0.15) is 0 Å². The van der Waals surface area contributed by atoms with Crippen LogP contribution in [0.25, 0.3) is 0 Å². The minimum Gasteiger partial charge on any atom is -0.377 e. The van der Waals surface area contributed by atoms with E-state index >= 15 is 0 Å². The van der Waals surface area contributed by atoms with Crippen molar-refractivity contribution in [2.75, 3.05) is 26.7 Å². The van der Waals surface area contributed by atoms with Gasteiger partial charge >= 0.3 is 0 Å². The molecule has 0 aromatic rings. The Balaban J connectivity index is 2.07. The lowest BCUT2D eigenvalue weighted by Crippen LogP contribution is -2.56. The third-order valence-corrected chi connectivity index (χ3v) is 4.70. The first kappa shape index (κ1) is 14.3. The normalized spacial score (nSPS) is 43.7. The Morgan fingerprint density at radius 2 is 1.94 bits per heavy atom. The number of ether oxygens (including phenoxy) is 1. The first-order chi connectivity index (χ1) is 8.61.